The van der Waals surface area contributed by atoms with Crippen molar-refractivity contribution in [1.29, 1.82) is 0 Å². The maximum absolute atomic E-state index is 12.9. The number of ether oxygens (including phenoxy) is 4. The minimum absolute atomic E-state index is 0.323. The lowest BCUT2D eigenvalue weighted by atomic mass is 9.78. The minimum atomic E-state index is -0.935. The lowest BCUT2D eigenvalue weighted by Gasteiger charge is -2.57. The molecule has 0 radical (unpaired) electrons. The molecule has 0 spiro atoms. The van der Waals surface area contributed by atoms with Crippen LogP contribution >= 0.6 is 0 Å². The molecule has 1 aliphatic carbocycles. The number of fused-ring (bicyclic) bond motifs is 1. The number of hydrogen-bond donors (Lipinski definition) is 0. The van der Waals surface area contributed by atoms with E-state index in [1.54, 1.807) is 27.7 Å². The molecule has 0 aromatic rings. The van der Waals surface area contributed by atoms with Gasteiger partial charge in [-0.15, -0.1) is 0 Å². The maximum Gasteiger partial charge on any atom is 0.430 e. The summed E-state index contributed by atoms with van der Waals surface area (Å²) in [7, 11) is 0. The van der Waals surface area contributed by atoms with E-state index in [1.807, 2.05) is 32.9 Å². The molecule has 4 rings (SSSR count). The Morgan fingerprint density at radius 3 is 2.15 bits per heavy atom. The molecule has 2 saturated heterocycles. The van der Waals surface area contributed by atoms with Gasteiger partial charge in [-0.25, -0.2) is 19.6 Å². The highest BCUT2D eigenvalue weighted by Crippen LogP contribution is 2.48. The Labute approximate surface area is 154 Å². The molecular weight excluding hydrogens is 340 g/mol. The highest BCUT2D eigenvalue weighted by atomic mass is 16.8. The minimum Gasteiger partial charge on any atom is -0.445 e. The number of hydrazine groups is 1. The average Bonchev–Trinajstić information content (AvgIpc) is 2.82. The predicted octanol–water partition coefficient (Wildman–Crippen LogP) is 2.83. The number of carbonyl (C=O) groups excluding carboxylic acids is 2. The Morgan fingerprint density at radius 2 is 1.58 bits per heavy atom. The smallest absolute Gasteiger partial charge is 0.430 e. The van der Waals surface area contributed by atoms with Gasteiger partial charge in [0, 0.05) is 0 Å². The van der Waals surface area contributed by atoms with Gasteiger partial charge in [0.25, 0.3) is 0 Å². The van der Waals surface area contributed by atoms with Gasteiger partial charge in [-0.05, 0) is 48.5 Å². The zero-order valence-electron chi connectivity index (χ0n) is 16.4. The Morgan fingerprint density at radius 1 is 1.00 bits per heavy atom. The van der Waals surface area contributed by atoms with Gasteiger partial charge >= 0.3 is 12.2 Å². The van der Waals surface area contributed by atoms with Crippen molar-refractivity contribution in [2.24, 2.45) is 0 Å². The standard InChI is InChI=1S/C18H28N2O6/c1-10(2)23-15(21)19-12-8-9-18(7,20(19)16(22)24-11(3)4)14-13(12)25-17(5,6)26-14/h8-14H,1-7H3. The van der Waals surface area contributed by atoms with Crippen LogP contribution in [0, 0.1) is 0 Å². The zero-order valence-corrected chi connectivity index (χ0v) is 16.4. The molecule has 2 bridgehead atoms. The third-order valence-electron chi connectivity index (χ3n) is 4.66. The summed E-state index contributed by atoms with van der Waals surface area (Å²) in [6.07, 6.45) is 1.04. The molecule has 0 N–H and O–H groups in total. The SMILES string of the molecule is CC(C)OC(=O)N1C2C=CC(C)(C3OC(C)(C)OC23)N1C(=O)OC(C)C. The van der Waals surface area contributed by atoms with Crippen LogP contribution in [-0.4, -0.2) is 64.0 Å². The fourth-order valence-electron chi connectivity index (χ4n) is 3.76. The number of nitrogens with zero attached hydrogens (tertiary/aromatic N) is 2. The number of carbonyl (C=O) groups is 2. The first kappa shape index (κ1) is 19.0. The Hall–Kier alpha value is -1.80. The Bertz CT molecular complexity index is 631. The van der Waals surface area contributed by atoms with E-state index in [-0.39, 0.29) is 12.2 Å². The molecule has 0 aromatic heterocycles. The van der Waals surface area contributed by atoms with Crippen molar-refractivity contribution < 1.29 is 28.5 Å². The van der Waals surface area contributed by atoms with Gasteiger partial charge in [0.1, 0.15) is 23.8 Å². The van der Waals surface area contributed by atoms with Crippen LogP contribution in [0.2, 0.25) is 0 Å². The molecule has 26 heavy (non-hydrogen) atoms. The van der Waals surface area contributed by atoms with Crippen LogP contribution in [0.3, 0.4) is 0 Å². The van der Waals surface area contributed by atoms with E-state index in [4.69, 9.17) is 18.9 Å². The summed E-state index contributed by atoms with van der Waals surface area (Å²) < 4.78 is 22.9. The van der Waals surface area contributed by atoms with Gasteiger partial charge in [-0.3, -0.25) is 0 Å². The molecule has 4 unspecified atom stereocenters. The zero-order chi connectivity index (χ0) is 19.4. The van der Waals surface area contributed by atoms with Gasteiger partial charge < -0.3 is 18.9 Å². The Balaban J connectivity index is 2.03. The largest absolute Gasteiger partial charge is 0.445 e. The van der Waals surface area contributed by atoms with Gasteiger partial charge in [0.2, 0.25) is 0 Å². The number of rotatable bonds is 2. The van der Waals surface area contributed by atoms with Crippen LogP contribution in [0.25, 0.3) is 0 Å². The predicted molar refractivity (Wildman–Crippen MR) is 92.1 cm³/mol. The van der Waals surface area contributed by atoms with E-state index in [0.29, 0.717) is 0 Å². The fraction of sp³-hybridized carbons (Fsp3) is 0.778. The molecular formula is C18H28N2O6. The molecule has 0 saturated carbocycles. The average molecular weight is 368 g/mol. The van der Waals surface area contributed by atoms with E-state index in [9.17, 15) is 9.59 Å². The van der Waals surface area contributed by atoms with E-state index in [0.717, 1.165) is 0 Å². The number of amides is 2. The molecule has 3 heterocycles. The van der Waals surface area contributed by atoms with Crippen LogP contribution in [0.1, 0.15) is 48.5 Å². The second-order valence-electron chi connectivity index (χ2n) is 8.12. The van der Waals surface area contributed by atoms with E-state index in [1.165, 1.54) is 10.0 Å². The third-order valence-corrected chi connectivity index (χ3v) is 4.66. The van der Waals surface area contributed by atoms with Gasteiger partial charge in [-0.1, -0.05) is 12.2 Å². The molecule has 2 fully saturated rings. The Kier molecular flexibility index (Phi) is 4.47. The molecule has 4 aliphatic rings. The molecule has 8 heteroatoms. The second kappa shape index (κ2) is 6.13. The first-order valence-corrected chi connectivity index (χ1v) is 9.02. The van der Waals surface area contributed by atoms with Crippen molar-refractivity contribution >= 4 is 12.2 Å². The monoisotopic (exact) mass is 368 g/mol. The highest BCUT2D eigenvalue weighted by Gasteiger charge is 2.66. The summed E-state index contributed by atoms with van der Waals surface area (Å²) in [6.45, 7) is 12.5. The van der Waals surface area contributed by atoms with Gasteiger partial charge in [-0.2, -0.15) is 0 Å². The van der Waals surface area contributed by atoms with Crippen LogP contribution in [0.4, 0.5) is 9.59 Å². The first-order valence-electron chi connectivity index (χ1n) is 9.02. The summed E-state index contributed by atoms with van der Waals surface area (Å²) in [5.74, 6) is -0.813. The van der Waals surface area contributed by atoms with Gasteiger partial charge in [0.05, 0.1) is 12.2 Å². The summed E-state index contributed by atoms with van der Waals surface area (Å²) in [5, 5.41) is 2.62. The van der Waals surface area contributed by atoms with Gasteiger partial charge in [0.15, 0.2) is 5.79 Å². The molecule has 3 aliphatic heterocycles. The molecule has 0 aromatic carbocycles. The van der Waals surface area contributed by atoms with Crippen molar-refractivity contribution in [2.75, 3.05) is 0 Å². The molecule has 4 atom stereocenters. The van der Waals surface area contributed by atoms with Crippen LogP contribution in [0.15, 0.2) is 12.2 Å². The summed E-state index contributed by atoms with van der Waals surface area (Å²) in [5.41, 5.74) is -0.935. The van der Waals surface area contributed by atoms with Crippen LogP contribution in [0.5, 0.6) is 0 Å². The van der Waals surface area contributed by atoms with Crippen LogP contribution < -0.4 is 0 Å². The van der Waals surface area contributed by atoms with E-state index >= 15 is 0 Å². The van der Waals surface area contributed by atoms with Crippen molar-refractivity contribution in [1.82, 2.24) is 10.0 Å². The van der Waals surface area contributed by atoms with Crippen molar-refractivity contribution in [2.45, 2.75) is 90.2 Å². The molecule has 146 valence electrons. The van der Waals surface area contributed by atoms with Crippen molar-refractivity contribution in [3.8, 4) is 0 Å². The first-order chi connectivity index (χ1) is 12.0. The van der Waals surface area contributed by atoms with Crippen LogP contribution in [-0.2, 0) is 18.9 Å². The maximum atomic E-state index is 12.9. The quantitative estimate of drug-likeness (QED) is 0.698. The number of hydrogen-bond acceptors (Lipinski definition) is 6. The fourth-order valence-corrected chi connectivity index (χ4v) is 3.76. The van der Waals surface area contributed by atoms with Crippen molar-refractivity contribution in [3.05, 3.63) is 12.2 Å². The summed E-state index contributed by atoms with van der Waals surface area (Å²) in [4.78, 5) is 25.7. The lowest BCUT2D eigenvalue weighted by Crippen LogP contribution is -2.77. The van der Waals surface area contributed by atoms with E-state index in [2.05, 4.69) is 0 Å². The topological polar surface area (TPSA) is 77.5 Å². The van der Waals surface area contributed by atoms with E-state index < -0.39 is 41.8 Å². The normalized spacial score (nSPS) is 34.4. The second-order valence-corrected chi connectivity index (χ2v) is 8.12. The summed E-state index contributed by atoms with van der Waals surface area (Å²) >= 11 is 0. The van der Waals surface area contributed by atoms with Crippen molar-refractivity contribution in [3.63, 3.8) is 0 Å². The molecule has 2 amide bonds. The highest BCUT2D eigenvalue weighted by molar-refractivity contribution is 5.77. The molecule has 8 nitrogen and oxygen atoms in total. The summed E-state index contributed by atoms with van der Waals surface area (Å²) in [6, 6.07) is -0.519. The third kappa shape index (κ3) is 2.95. The lowest BCUT2D eigenvalue weighted by molar-refractivity contribution is -0.175.